The Kier molecular flexibility index (Phi) is 4.38. The molecule has 0 bridgehead atoms. The van der Waals surface area contributed by atoms with E-state index in [-0.39, 0.29) is 5.41 Å². The Morgan fingerprint density at radius 3 is 2.67 bits per heavy atom. The van der Waals surface area contributed by atoms with Gasteiger partial charge in [-0.3, -0.25) is 4.68 Å². The van der Waals surface area contributed by atoms with Crippen molar-refractivity contribution in [3.05, 3.63) is 17.5 Å². The highest BCUT2D eigenvalue weighted by atomic mass is 32.2. The molecule has 1 fully saturated rings. The molecule has 102 valence electrons. The van der Waals surface area contributed by atoms with Gasteiger partial charge in [0.2, 0.25) is 0 Å². The summed E-state index contributed by atoms with van der Waals surface area (Å²) >= 11 is 2.08. The minimum atomic E-state index is 0.126. The second-order valence-corrected chi connectivity index (χ2v) is 7.42. The molecule has 1 aromatic heterocycles. The van der Waals surface area contributed by atoms with Gasteiger partial charge in [0.15, 0.2) is 0 Å². The molecule has 3 nitrogen and oxygen atoms in total. The van der Waals surface area contributed by atoms with Crippen LogP contribution >= 0.6 is 11.8 Å². The van der Waals surface area contributed by atoms with Gasteiger partial charge in [-0.25, -0.2) is 0 Å². The molecule has 0 amide bonds. The van der Waals surface area contributed by atoms with Crippen molar-refractivity contribution in [1.29, 1.82) is 0 Å². The van der Waals surface area contributed by atoms with Crippen LogP contribution in [-0.4, -0.2) is 27.3 Å². The zero-order valence-corrected chi connectivity index (χ0v) is 12.8. The molecular weight excluding hydrogens is 242 g/mol. The largest absolute Gasteiger partial charge is 0.310 e. The van der Waals surface area contributed by atoms with Crippen molar-refractivity contribution in [3.8, 4) is 0 Å². The molecule has 2 heterocycles. The third-order valence-corrected chi connectivity index (χ3v) is 4.47. The van der Waals surface area contributed by atoms with Crippen LogP contribution in [0.5, 0.6) is 0 Å². The maximum Gasteiger partial charge on any atom is 0.0722 e. The predicted molar refractivity (Wildman–Crippen MR) is 79.1 cm³/mol. The van der Waals surface area contributed by atoms with E-state index in [1.165, 1.54) is 35.6 Å². The van der Waals surface area contributed by atoms with Crippen molar-refractivity contribution >= 4 is 11.8 Å². The van der Waals surface area contributed by atoms with Crippen LogP contribution in [0.2, 0.25) is 0 Å². The molecule has 0 aromatic carbocycles. The van der Waals surface area contributed by atoms with Crippen LogP contribution in [0, 0.1) is 0 Å². The first kappa shape index (κ1) is 13.9. The maximum absolute atomic E-state index is 4.62. The molecule has 0 aliphatic carbocycles. The minimum absolute atomic E-state index is 0.126. The topological polar surface area (TPSA) is 29.9 Å². The van der Waals surface area contributed by atoms with Crippen LogP contribution in [0.15, 0.2) is 6.20 Å². The minimum Gasteiger partial charge on any atom is -0.310 e. The van der Waals surface area contributed by atoms with Crippen LogP contribution in [0.3, 0.4) is 0 Å². The van der Waals surface area contributed by atoms with E-state index >= 15 is 0 Å². The Bertz CT molecular complexity index is 386. The van der Waals surface area contributed by atoms with E-state index in [9.17, 15) is 0 Å². The summed E-state index contributed by atoms with van der Waals surface area (Å²) in [6.07, 6.45) is 4.76. The van der Waals surface area contributed by atoms with Gasteiger partial charge in [-0.05, 0) is 24.3 Å². The van der Waals surface area contributed by atoms with Crippen LogP contribution in [0.25, 0.3) is 0 Å². The fourth-order valence-corrected chi connectivity index (χ4v) is 3.56. The Morgan fingerprint density at radius 2 is 2.06 bits per heavy atom. The highest BCUT2D eigenvalue weighted by Crippen LogP contribution is 2.24. The lowest BCUT2D eigenvalue weighted by Gasteiger charge is -2.23. The third-order valence-electron chi connectivity index (χ3n) is 3.42. The lowest BCUT2D eigenvalue weighted by molar-refractivity contribution is 0.475. The number of thioether (sulfide) groups is 1. The second-order valence-electron chi connectivity index (χ2n) is 6.19. The number of aromatic nitrogens is 2. The van der Waals surface area contributed by atoms with Gasteiger partial charge < -0.3 is 5.32 Å². The van der Waals surface area contributed by atoms with E-state index in [1.54, 1.807) is 0 Å². The molecule has 4 heteroatoms. The van der Waals surface area contributed by atoms with Gasteiger partial charge in [-0.15, -0.1) is 0 Å². The smallest absolute Gasteiger partial charge is 0.0722 e. The van der Waals surface area contributed by atoms with Gasteiger partial charge in [0.1, 0.15) is 0 Å². The lowest BCUT2D eigenvalue weighted by Crippen LogP contribution is -2.32. The van der Waals surface area contributed by atoms with Gasteiger partial charge >= 0.3 is 0 Å². The number of rotatable bonds is 3. The lowest BCUT2D eigenvalue weighted by atomic mass is 9.89. The highest BCUT2D eigenvalue weighted by molar-refractivity contribution is 7.99. The quantitative estimate of drug-likeness (QED) is 0.913. The summed E-state index contributed by atoms with van der Waals surface area (Å²) in [6, 6.07) is 0.694. The first-order valence-corrected chi connectivity index (χ1v) is 7.96. The average Bonchev–Trinajstić information content (AvgIpc) is 2.69. The maximum atomic E-state index is 4.62. The summed E-state index contributed by atoms with van der Waals surface area (Å²) in [6.45, 7) is 7.65. The van der Waals surface area contributed by atoms with Gasteiger partial charge in [0.25, 0.3) is 0 Å². The van der Waals surface area contributed by atoms with Gasteiger partial charge in [0, 0.05) is 36.8 Å². The molecule has 1 aromatic rings. The second kappa shape index (κ2) is 5.66. The molecule has 0 radical (unpaired) electrons. The van der Waals surface area contributed by atoms with Crippen molar-refractivity contribution in [1.82, 2.24) is 15.1 Å². The first-order valence-electron chi connectivity index (χ1n) is 6.81. The SMILES string of the molecule is Cn1cc(CNC2CCSCC2)c(C(C)(C)C)n1. The molecule has 2 rings (SSSR count). The summed E-state index contributed by atoms with van der Waals surface area (Å²) in [7, 11) is 2.01. The van der Waals surface area contributed by atoms with Crippen LogP contribution in [0.4, 0.5) is 0 Å². The van der Waals surface area contributed by atoms with Crippen molar-refractivity contribution in [3.63, 3.8) is 0 Å². The van der Waals surface area contributed by atoms with Crippen molar-refractivity contribution < 1.29 is 0 Å². The molecule has 18 heavy (non-hydrogen) atoms. The first-order chi connectivity index (χ1) is 8.47. The van der Waals surface area contributed by atoms with Crippen LogP contribution in [-0.2, 0) is 19.0 Å². The monoisotopic (exact) mass is 267 g/mol. The number of hydrogen-bond donors (Lipinski definition) is 1. The summed E-state index contributed by atoms with van der Waals surface area (Å²) < 4.78 is 1.94. The number of nitrogens with one attached hydrogen (secondary N) is 1. The average molecular weight is 267 g/mol. The molecule has 0 unspecified atom stereocenters. The van der Waals surface area contributed by atoms with Gasteiger partial charge in [-0.2, -0.15) is 16.9 Å². The number of hydrogen-bond acceptors (Lipinski definition) is 3. The Morgan fingerprint density at radius 1 is 1.39 bits per heavy atom. The number of nitrogens with zero attached hydrogens (tertiary/aromatic N) is 2. The van der Waals surface area contributed by atoms with E-state index in [1.807, 2.05) is 11.7 Å². The van der Waals surface area contributed by atoms with Crippen molar-refractivity contribution in [2.24, 2.45) is 7.05 Å². The Balaban J connectivity index is 2.00. The normalized spacial score (nSPS) is 18.2. The highest BCUT2D eigenvalue weighted by Gasteiger charge is 2.22. The van der Waals surface area contributed by atoms with Crippen molar-refractivity contribution in [2.45, 2.75) is 51.6 Å². The van der Waals surface area contributed by atoms with Gasteiger partial charge in [0.05, 0.1) is 5.69 Å². The van der Waals surface area contributed by atoms with Crippen LogP contribution in [0.1, 0.15) is 44.9 Å². The molecule has 1 saturated heterocycles. The molecule has 0 spiro atoms. The third kappa shape index (κ3) is 3.51. The summed E-state index contributed by atoms with van der Waals surface area (Å²) in [5.41, 5.74) is 2.70. The molecule has 1 aliphatic rings. The summed E-state index contributed by atoms with van der Waals surface area (Å²) in [5, 5.41) is 8.32. The molecule has 0 atom stereocenters. The fraction of sp³-hybridized carbons (Fsp3) is 0.786. The Labute approximate surface area is 115 Å². The zero-order valence-electron chi connectivity index (χ0n) is 12.0. The molecule has 0 saturated carbocycles. The van der Waals surface area contributed by atoms with E-state index in [4.69, 9.17) is 0 Å². The van der Waals surface area contributed by atoms with E-state index < -0.39 is 0 Å². The summed E-state index contributed by atoms with van der Waals surface area (Å²) in [4.78, 5) is 0. The Hall–Kier alpha value is -0.480. The van der Waals surface area contributed by atoms with Crippen LogP contribution < -0.4 is 5.32 Å². The van der Waals surface area contributed by atoms with E-state index in [2.05, 4.69) is 49.1 Å². The molecule has 1 aliphatic heterocycles. The number of aryl methyl sites for hydroxylation is 1. The van der Waals surface area contributed by atoms with Crippen molar-refractivity contribution in [2.75, 3.05) is 11.5 Å². The van der Waals surface area contributed by atoms with E-state index in [0.717, 1.165) is 6.54 Å². The molecule has 1 N–H and O–H groups in total. The molecular formula is C14H25N3S. The van der Waals surface area contributed by atoms with Gasteiger partial charge in [-0.1, -0.05) is 20.8 Å². The van der Waals surface area contributed by atoms with E-state index in [0.29, 0.717) is 6.04 Å². The summed E-state index contributed by atoms with van der Waals surface area (Å²) in [5.74, 6) is 2.60. The predicted octanol–water partition coefficient (Wildman–Crippen LogP) is 2.70. The standard InChI is InChI=1S/C14H25N3S/c1-14(2,3)13-11(10-17(4)16-13)9-15-12-5-7-18-8-6-12/h10,12,15H,5-9H2,1-4H3. The fourth-order valence-electron chi connectivity index (χ4n) is 2.45. The zero-order chi connectivity index (χ0) is 13.2.